The van der Waals surface area contributed by atoms with Gasteiger partial charge < -0.3 is 11.1 Å². The van der Waals surface area contributed by atoms with Crippen LogP contribution in [0.25, 0.3) is 0 Å². The molecule has 5 heteroatoms. The van der Waals surface area contributed by atoms with E-state index in [1.54, 1.807) is 6.20 Å². The molecular formula is C14H14BrN3S. The number of benzene rings is 1. The maximum Gasteiger partial charge on any atom is 0.130 e. The minimum atomic E-state index is 0.356. The van der Waals surface area contributed by atoms with Gasteiger partial charge in [0, 0.05) is 21.9 Å². The van der Waals surface area contributed by atoms with E-state index in [0.717, 1.165) is 21.5 Å². The fourth-order valence-electron chi connectivity index (χ4n) is 1.78. The lowest BCUT2D eigenvalue weighted by molar-refractivity contribution is 1.28. The number of aryl methyl sites for hydroxylation is 2. The van der Waals surface area contributed by atoms with E-state index >= 15 is 0 Å². The molecule has 0 aliphatic rings. The molecule has 3 N–H and O–H groups in total. The Morgan fingerprint density at radius 2 is 1.89 bits per heavy atom. The number of hydrogen-bond donors (Lipinski definition) is 2. The summed E-state index contributed by atoms with van der Waals surface area (Å²) in [6, 6.07) is 7.86. The summed E-state index contributed by atoms with van der Waals surface area (Å²) in [5.74, 6) is 0.765. The van der Waals surface area contributed by atoms with Gasteiger partial charge in [0.1, 0.15) is 10.8 Å². The monoisotopic (exact) mass is 335 g/mol. The van der Waals surface area contributed by atoms with Gasteiger partial charge in [0.25, 0.3) is 0 Å². The molecular weight excluding hydrogens is 322 g/mol. The number of nitrogens with one attached hydrogen (secondary N) is 1. The van der Waals surface area contributed by atoms with E-state index in [0.29, 0.717) is 4.99 Å². The largest absolute Gasteiger partial charge is 0.389 e. The maximum atomic E-state index is 5.54. The summed E-state index contributed by atoms with van der Waals surface area (Å²) in [7, 11) is 0. The zero-order valence-electron chi connectivity index (χ0n) is 10.7. The fraction of sp³-hybridized carbons (Fsp3) is 0.143. The summed E-state index contributed by atoms with van der Waals surface area (Å²) >= 11 is 8.45. The Balaban J connectivity index is 2.24. The van der Waals surface area contributed by atoms with E-state index in [2.05, 4.69) is 52.2 Å². The van der Waals surface area contributed by atoms with Crippen molar-refractivity contribution in [1.82, 2.24) is 4.98 Å². The van der Waals surface area contributed by atoms with Crippen LogP contribution in [-0.4, -0.2) is 9.97 Å². The number of pyridine rings is 1. The van der Waals surface area contributed by atoms with Crippen LogP contribution in [0.5, 0.6) is 0 Å². The van der Waals surface area contributed by atoms with E-state index in [4.69, 9.17) is 18.0 Å². The molecule has 0 atom stereocenters. The number of nitrogens with two attached hydrogens (primary N) is 1. The molecule has 98 valence electrons. The molecule has 0 amide bonds. The molecule has 0 saturated carbocycles. The molecule has 0 unspecified atom stereocenters. The first-order valence-corrected chi connectivity index (χ1v) is 6.97. The van der Waals surface area contributed by atoms with Crippen molar-refractivity contribution in [3.05, 3.63) is 51.6 Å². The lowest BCUT2D eigenvalue weighted by Crippen LogP contribution is -2.09. The van der Waals surface area contributed by atoms with Crippen molar-refractivity contribution in [2.45, 2.75) is 13.8 Å². The third-order valence-corrected chi connectivity index (χ3v) is 4.24. The van der Waals surface area contributed by atoms with Gasteiger partial charge in [-0.3, -0.25) is 0 Å². The van der Waals surface area contributed by atoms with Gasteiger partial charge in [-0.2, -0.15) is 0 Å². The van der Waals surface area contributed by atoms with Crippen molar-refractivity contribution < 1.29 is 0 Å². The molecule has 19 heavy (non-hydrogen) atoms. The van der Waals surface area contributed by atoms with Crippen molar-refractivity contribution in [3.63, 3.8) is 0 Å². The molecule has 0 spiro atoms. The Morgan fingerprint density at radius 1 is 1.26 bits per heavy atom. The van der Waals surface area contributed by atoms with Crippen molar-refractivity contribution in [3.8, 4) is 0 Å². The van der Waals surface area contributed by atoms with Crippen molar-refractivity contribution in [2.75, 3.05) is 5.32 Å². The van der Waals surface area contributed by atoms with Crippen LogP contribution in [0.4, 0.5) is 11.5 Å². The van der Waals surface area contributed by atoms with Gasteiger partial charge in [0.2, 0.25) is 0 Å². The molecule has 0 bridgehead atoms. The van der Waals surface area contributed by atoms with E-state index in [1.807, 2.05) is 12.1 Å². The highest BCUT2D eigenvalue weighted by Gasteiger charge is 2.04. The number of aromatic nitrogens is 1. The Bertz CT molecular complexity index is 600. The zero-order chi connectivity index (χ0) is 14.0. The van der Waals surface area contributed by atoms with E-state index in [-0.39, 0.29) is 0 Å². The number of rotatable bonds is 3. The smallest absolute Gasteiger partial charge is 0.130 e. The summed E-state index contributed by atoms with van der Waals surface area (Å²) in [6.45, 7) is 4.12. The SMILES string of the molecule is Cc1cc(Nc2ccc(C(N)=S)cn2)cc(C)c1Br. The predicted molar refractivity (Wildman–Crippen MR) is 87.0 cm³/mol. The first-order chi connectivity index (χ1) is 8.97. The van der Waals surface area contributed by atoms with Crippen LogP contribution < -0.4 is 11.1 Å². The van der Waals surface area contributed by atoms with Crippen LogP contribution in [0.2, 0.25) is 0 Å². The van der Waals surface area contributed by atoms with Gasteiger partial charge >= 0.3 is 0 Å². The highest BCUT2D eigenvalue weighted by Crippen LogP contribution is 2.26. The number of halogens is 1. The third-order valence-electron chi connectivity index (χ3n) is 2.76. The summed E-state index contributed by atoms with van der Waals surface area (Å²) < 4.78 is 1.13. The normalized spacial score (nSPS) is 10.3. The van der Waals surface area contributed by atoms with Gasteiger partial charge in [0.15, 0.2) is 0 Å². The zero-order valence-corrected chi connectivity index (χ0v) is 13.1. The number of hydrogen-bond acceptors (Lipinski definition) is 3. The fourth-order valence-corrected chi connectivity index (χ4v) is 2.13. The Morgan fingerprint density at radius 3 is 2.37 bits per heavy atom. The predicted octanol–water partition coefficient (Wildman–Crippen LogP) is 3.84. The van der Waals surface area contributed by atoms with Crippen molar-refractivity contribution in [2.24, 2.45) is 5.73 Å². The minimum absolute atomic E-state index is 0.356. The van der Waals surface area contributed by atoms with Gasteiger partial charge in [-0.1, -0.05) is 28.1 Å². The van der Waals surface area contributed by atoms with Crippen LogP contribution in [0.15, 0.2) is 34.9 Å². The molecule has 1 heterocycles. The third kappa shape index (κ3) is 3.30. The Kier molecular flexibility index (Phi) is 4.17. The van der Waals surface area contributed by atoms with Gasteiger partial charge in [0.05, 0.1) is 0 Å². The molecule has 2 rings (SSSR count). The highest BCUT2D eigenvalue weighted by atomic mass is 79.9. The van der Waals surface area contributed by atoms with Gasteiger partial charge in [-0.05, 0) is 49.2 Å². The molecule has 0 aliphatic carbocycles. The van der Waals surface area contributed by atoms with Crippen LogP contribution in [0.1, 0.15) is 16.7 Å². The lowest BCUT2D eigenvalue weighted by Gasteiger charge is -2.10. The quantitative estimate of drug-likeness (QED) is 0.836. The molecule has 1 aromatic heterocycles. The Labute approximate surface area is 126 Å². The van der Waals surface area contributed by atoms with E-state index in [9.17, 15) is 0 Å². The van der Waals surface area contributed by atoms with Gasteiger partial charge in [-0.15, -0.1) is 0 Å². The molecule has 2 aromatic rings. The van der Waals surface area contributed by atoms with Crippen LogP contribution in [0.3, 0.4) is 0 Å². The maximum absolute atomic E-state index is 5.54. The number of thiocarbonyl (C=S) groups is 1. The standard InChI is InChI=1S/C14H14BrN3S/c1-8-5-11(6-9(2)13(8)15)18-12-4-3-10(7-17-12)14(16)19/h3-7H,1-2H3,(H2,16,19)(H,17,18). The molecule has 0 aliphatic heterocycles. The summed E-state index contributed by atoms with van der Waals surface area (Å²) in [5.41, 5.74) is 9.68. The second-order valence-electron chi connectivity index (χ2n) is 4.35. The second-order valence-corrected chi connectivity index (χ2v) is 5.58. The first-order valence-electron chi connectivity index (χ1n) is 5.77. The van der Waals surface area contributed by atoms with Crippen molar-refractivity contribution in [1.29, 1.82) is 0 Å². The minimum Gasteiger partial charge on any atom is -0.389 e. The van der Waals surface area contributed by atoms with Crippen LogP contribution in [-0.2, 0) is 0 Å². The number of anilines is 2. The molecule has 0 radical (unpaired) electrons. The molecule has 1 aromatic carbocycles. The van der Waals surface area contributed by atoms with Gasteiger partial charge in [-0.25, -0.2) is 4.98 Å². The van der Waals surface area contributed by atoms with Crippen molar-refractivity contribution >= 4 is 44.6 Å². The lowest BCUT2D eigenvalue weighted by atomic mass is 10.1. The van der Waals surface area contributed by atoms with E-state index < -0.39 is 0 Å². The molecule has 0 saturated heterocycles. The average molecular weight is 336 g/mol. The topological polar surface area (TPSA) is 50.9 Å². The molecule has 0 fully saturated rings. The summed E-state index contributed by atoms with van der Waals surface area (Å²) in [4.78, 5) is 4.64. The molecule has 3 nitrogen and oxygen atoms in total. The van der Waals surface area contributed by atoms with Crippen LogP contribution in [0, 0.1) is 13.8 Å². The average Bonchev–Trinajstić information content (AvgIpc) is 2.36. The highest BCUT2D eigenvalue weighted by molar-refractivity contribution is 9.10. The first kappa shape index (κ1) is 14.0. The number of nitrogens with zero attached hydrogens (tertiary/aromatic N) is 1. The summed E-state index contributed by atoms with van der Waals surface area (Å²) in [6.07, 6.45) is 1.67. The van der Waals surface area contributed by atoms with E-state index in [1.165, 1.54) is 11.1 Å². The Hall–Kier alpha value is -1.46. The summed E-state index contributed by atoms with van der Waals surface area (Å²) in [5, 5.41) is 3.26. The van der Waals surface area contributed by atoms with Crippen LogP contribution >= 0.6 is 28.1 Å². The second kappa shape index (κ2) is 5.67.